The number of carbonyl (C=O) groups excluding carboxylic acids is 1. The molecular weight excluding hydrogens is 324 g/mol. The Balaban J connectivity index is 2.26. The van der Waals surface area contributed by atoms with Crippen molar-refractivity contribution in [2.24, 2.45) is 5.92 Å². The van der Waals surface area contributed by atoms with Gasteiger partial charge in [-0.2, -0.15) is 0 Å². The van der Waals surface area contributed by atoms with Crippen LogP contribution >= 0.6 is 0 Å². The van der Waals surface area contributed by atoms with Crippen LogP contribution in [0.5, 0.6) is 0 Å². The minimum Gasteiger partial charge on any atom is -0.341 e. The standard InChI is InChI=1S/C18H28N2O3S/c1-14(2)16-7-5-6-8-17(16)20(24(4,22)23)13-18(21)19-11-9-15(3)10-12-19/h5-8,14-15H,9-13H2,1-4H3. The van der Waals surface area contributed by atoms with Crippen molar-refractivity contribution in [1.82, 2.24) is 4.90 Å². The monoisotopic (exact) mass is 352 g/mol. The molecule has 1 aliphatic rings. The summed E-state index contributed by atoms with van der Waals surface area (Å²) < 4.78 is 25.9. The molecule has 0 saturated carbocycles. The largest absolute Gasteiger partial charge is 0.341 e. The predicted molar refractivity (Wildman–Crippen MR) is 97.7 cm³/mol. The van der Waals surface area contributed by atoms with E-state index in [1.807, 2.05) is 32.0 Å². The van der Waals surface area contributed by atoms with Crippen molar-refractivity contribution in [3.63, 3.8) is 0 Å². The van der Waals surface area contributed by atoms with Crippen molar-refractivity contribution in [3.05, 3.63) is 29.8 Å². The van der Waals surface area contributed by atoms with Gasteiger partial charge in [-0.05, 0) is 36.3 Å². The summed E-state index contributed by atoms with van der Waals surface area (Å²) in [6.45, 7) is 7.52. The van der Waals surface area contributed by atoms with Gasteiger partial charge in [-0.15, -0.1) is 0 Å². The minimum atomic E-state index is -3.53. The number of benzene rings is 1. The van der Waals surface area contributed by atoms with E-state index < -0.39 is 10.0 Å². The summed E-state index contributed by atoms with van der Waals surface area (Å²) in [5, 5.41) is 0. The fourth-order valence-electron chi connectivity index (χ4n) is 3.06. The number of anilines is 1. The van der Waals surface area contributed by atoms with Gasteiger partial charge < -0.3 is 4.90 Å². The quantitative estimate of drug-likeness (QED) is 0.819. The number of piperidine rings is 1. The van der Waals surface area contributed by atoms with Crippen LogP contribution in [0.1, 0.15) is 45.1 Å². The maximum Gasteiger partial charge on any atom is 0.243 e. The van der Waals surface area contributed by atoms with Gasteiger partial charge in [-0.25, -0.2) is 8.42 Å². The van der Waals surface area contributed by atoms with Crippen molar-refractivity contribution >= 4 is 21.6 Å². The molecule has 1 fully saturated rings. The lowest BCUT2D eigenvalue weighted by Crippen LogP contribution is -2.45. The Hall–Kier alpha value is -1.56. The SMILES string of the molecule is CC1CCN(C(=O)CN(c2ccccc2C(C)C)S(C)(=O)=O)CC1. The zero-order chi connectivity index (χ0) is 17.9. The van der Waals surface area contributed by atoms with Gasteiger partial charge in [-0.3, -0.25) is 9.10 Å². The molecule has 5 nitrogen and oxygen atoms in total. The normalized spacial score (nSPS) is 16.5. The van der Waals surface area contributed by atoms with Gasteiger partial charge in [0.15, 0.2) is 0 Å². The maximum absolute atomic E-state index is 12.6. The van der Waals surface area contributed by atoms with Crippen molar-refractivity contribution in [3.8, 4) is 0 Å². The Morgan fingerprint density at radius 3 is 2.38 bits per heavy atom. The number of likely N-dealkylation sites (tertiary alicyclic amines) is 1. The van der Waals surface area contributed by atoms with Crippen LogP contribution in [0, 0.1) is 5.92 Å². The van der Waals surface area contributed by atoms with Crippen LogP contribution in [0.2, 0.25) is 0 Å². The van der Waals surface area contributed by atoms with E-state index in [-0.39, 0.29) is 18.4 Å². The molecule has 0 atom stereocenters. The lowest BCUT2D eigenvalue weighted by atomic mass is 9.99. The second-order valence-electron chi connectivity index (χ2n) is 7.05. The van der Waals surface area contributed by atoms with Crippen LogP contribution in [0.15, 0.2) is 24.3 Å². The van der Waals surface area contributed by atoms with E-state index in [4.69, 9.17) is 0 Å². The molecule has 1 amide bonds. The fourth-order valence-corrected chi connectivity index (χ4v) is 3.93. The molecule has 0 radical (unpaired) electrons. The second-order valence-corrected chi connectivity index (χ2v) is 8.95. The van der Waals surface area contributed by atoms with E-state index in [2.05, 4.69) is 6.92 Å². The van der Waals surface area contributed by atoms with E-state index in [1.54, 1.807) is 11.0 Å². The highest BCUT2D eigenvalue weighted by molar-refractivity contribution is 7.92. The van der Waals surface area contributed by atoms with Crippen LogP contribution in [0.3, 0.4) is 0 Å². The van der Waals surface area contributed by atoms with Gasteiger partial charge >= 0.3 is 0 Å². The van der Waals surface area contributed by atoms with Crippen LogP contribution in [0.4, 0.5) is 5.69 Å². The summed E-state index contributed by atoms with van der Waals surface area (Å²) in [7, 11) is -3.53. The van der Waals surface area contributed by atoms with Crippen LogP contribution < -0.4 is 4.31 Å². The van der Waals surface area contributed by atoms with E-state index in [0.29, 0.717) is 24.7 Å². The van der Waals surface area contributed by atoms with Crippen molar-refractivity contribution in [2.75, 3.05) is 30.2 Å². The summed E-state index contributed by atoms with van der Waals surface area (Å²) >= 11 is 0. The third kappa shape index (κ3) is 4.50. The molecule has 0 N–H and O–H groups in total. The first-order chi connectivity index (χ1) is 11.2. The Morgan fingerprint density at radius 2 is 1.83 bits per heavy atom. The van der Waals surface area contributed by atoms with E-state index in [0.717, 1.165) is 24.7 Å². The average Bonchev–Trinajstić information content (AvgIpc) is 2.52. The molecular formula is C18H28N2O3S. The van der Waals surface area contributed by atoms with Gasteiger partial charge in [0.25, 0.3) is 0 Å². The molecule has 1 aliphatic heterocycles. The third-order valence-corrected chi connectivity index (χ3v) is 5.77. The molecule has 24 heavy (non-hydrogen) atoms. The Bertz CT molecular complexity index is 677. The van der Waals surface area contributed by atoms with Crippen molar-refractivity contribution in [2.45, 2.75) is 39.5 Å². The first-order valence-corrected chi connectivity index (χ1v) is 10.4. The summed E-state index contributed by atoms with van der Waals surface area (Å²) in [6.07, 6.45) is 3.12. The first kappa shape index (κ1) is 18.8. The highest BCUT2D eigenvalue weighted by Gasteiger charge is 2.27. The van der Waals surface area contributed by atoms with E-state index in [1.165, 1.54) is 4.31 Å². The van der Waals surface area contributed by atoms with E-state index >= 15 is 0 Å². The number of hydrogen-bond donors (Lipinski definition) is 0. The molecule has 1 aromatic rings. The van der Waals surface area contributed by atoms with Gasteiger partial charge in [-0.1, -0.05) is 39.0 Å². The molecule has 0 aromatic heterocycles. The molecule has 0 unspecified atom stereocenters. The molecule has 6 heteroatoms. The smallest absolute Gasteiger partial charge is 0.243 e. The number of amides is 1. The van der Waals surface area contributed by atoms with Gasteiger partial charge in [0, 0.05) is 13.1 Å². The summed E-state index contributed by atoms with van der Waals surface area (Å²) in [6, 6.07) is 7.41. The molecule has 1 saturated heterocycles. The van der Waals surface area contributed by atoms with Crippen LogP contribution in [-0.4, -0.2) is 45.1 Å². The zero-order valence-electron chi connectivity index (χ0n) is 15.0. The number of hydrogen-bond acceptors (Lipinski definition) is 3. The second kappa shape index (κ2) is 7.55. The number of carbonyl (C=O) groups is 1. The molecule has 1 aromatic carbocycles. The van der Waals surface area contributed by atoms with Gasteiger partial charge in [0.1, 0.15) is 6.54 Å². The van der Waals surface area contributed by atoms with Gasteiger partial charge in [0.05, 0.1) is 11.9 Å². The van der Waals surface area contributed by atoms with Crippen LogP contribution in [0.25, 0.3) is 0 Å². The van der Waals surface area contributed by atoms with Crippen LogP contribution in [-0.2, 0) is 14.8 Å². The Morgan fingerprint density at radius 1 is 1.25 bits per heavy atom. The summed E-state index contributed by atoms with van der Waals surface area (Å²) in [4.78, 5) is 14.4. The molecule has 134 valence electrons. The van der Waals surface area contributed by atoms with Gasteiger partial charge in [0.2, 0.25) is 15.9 Å². The molecule has 2 rings (SSSR count). The number of nitrogens with zero attached hydrogens (tertiary/aromatic N) is 2. The average molecular weight is 353 g/mol. The summed E-state index contributed by atoms with van der Waals surface area (Å²) in [5.74, 6) is 0.684. The lowest BCUT2D eigenvalue weighted by Gasteiger charge is -2.33. The number of sulfonamides is 1. The molecule has 0 spiro atoms. The number of rotatable bonds is 5. The first-order valence-electron chi connectivity index (χ1n) is 8.54. The molecule has 0 bridgehead atoms. The van der Waals surface area contributed by atoms with Crippen molar-refractivity contribution < 1.29 is 13.2 Å². The number of para-hydroxylation sites is 1. The lowest BCUT2D eigenvalue weighted by molar-refractivity contribution is -0.130. The highest BCUT2D eigenvalue weighted by Crippen LogP contribution is 2.29. The Labute approximate surface area is 145 Å². The Kier molecular flexibility index (Phi) is 5.91. The minimum absolute atomic E-state index is 0.120. The predicted octanol–water partition coefficient (Wildman–Crippen LogP) is 2.83. The van der Waals surface area contributed by atoms with E-state index in [9.17, 15) is 13.2 Å². The molecule has 1 heterocycles. The highest BCUT2D eigenvalue weighted by atomic mass is 32.2. The van der Waals surface area contributed by atoms with Crippen molar-refractivity contribution in [1.29, 1.82) is 0 Å². The third-order valence-electron chi connectivity index (χ3n) is 4.64. The molecule has 0 aliphatic carbocycles. The summed E-state index contributed by atoms with van der Waals surface area (Å²) in [5.41, 5.74) is 1.54. The maximum atomic E-state index is 12.6. The fraction of sp³-hybridized carbons (Fsp3) is 0.611. The topological polar surface area (TPSA) is 57.7 Å². The zero-order valence-corrected chi connectivity index (χ0v) is 15.8.